The minimum Gasteiger partial charge on any atom is -0.490 e. The zero-order valence-corrected chi connectivity index (χ0v) is 17.6. The molecule has 0 radical (unpaired) electrons. The number of ether oxygens (including phenoxy) is 2. The summed E-state index contributed by atoms with van der Waals surface area (Å²) in [7, 11) is 0. The molecular weight excluding hydrogens is 442 g/mol. The van der Waals surface area contributed by atoms with Gasteiger partial charge in [-0.05, 0) is 36.8 Å². The largest absolute Gasteiger partial charge is 0.490 e. The summed E-state index contributed by atoms with van der Waals surface area (Å²) in [5.41, 5.74) is 0.226. The standard InChI is InChI=1S/C22H20F2N2O7/c1-3-32-17-9-12(7-8-16(17)33-22(23)24)15(10-18(28)29)26-20(30)13-5-4-6-14(25-11(2)27)19(13)21(26)31/h4-9,15,22H,3,10H2,1-2H3,(H,25,27)(H,28,29)/t15-/m0/s1. The normalized spacial score (nSPS) is 13.7. The quantitative estimate of drug-likeness (QED) is 0.547. The summed E-state index contributed by atoms with van der Waals surface area (Å²) in [4.78, 5) is 50.2. The molecule has 2 aromatic carbocycles. The number of anilines is 1. The van der Waals surface area contributed by atoms with E-state index in [0.29, 0.717) is 0 Å². The smallest absolute Gasteiger partial charge is 0.387 e. The molecule has 1 aliphatic heterocycles. The van der Waals surface area contributed by atoms with Gasteiger partial charge in [-0.15, -0.1) is 0 Å². The average molecular weight is 462 g/mol. The SMILES string of the molecule is CCOc1cc([C@H](CC(=O)O)N2C(=O)c3cccc(NC(C)=O)c3C2=O)ccc1OC(F)F. The molecule has 1 heterocycles. The topological polar surface area (TPSA) is 122 Å². The molecule has 3 amide bonds. The maximum Gasteiger partial charge on any atom is 0.387 e. The molecule has 3 rings (SSSR count). The Labute approximate surface area is 186 Å². The van der Waals surface area contributed by atoms with Crippen LogP contribution >= 0.6 is 0 Å². The minimum absolute atomic E-state index is 0.00400. The molecule has 0 unspecified atom stereocenters. The first kappa shape index (κ1) is 23.6. The number of carbonyl (C=O) groups excluding carboxylic acids is 3. The summed E-state index contributed by atoms with van der Waals surface area (Å²) in [6, 6.07) is 6.74. The first-order valence-corrected chi connectivity index (χ1v) is 9.85. The molecule has 0 fully saturated rings. The molecular formula is C22H20F2N2O7. The molecule has 33 heavy (non-hydrogen) atoms. The van der Waals surface area contributed by atoms with Gasteiger partial charge in [-0.2, -0.15) is 8.78 Å². The monoisotopic (exact) mass is 462 g/mol. The lowest BCUT2D eigenvalue weighted by molar-refractivity contribution is -0.138. The first-order chi connectivity index (χ1) is 15.6. The number of hydrogen-bond acceptors (Lipinski definition) is 6. The lowest BCUT2D eigenvalue weighted by Crippen LogP contribution is -2.35. The number of carbonyl (C=O) groups is 4. The highest BCUT2D eigenvalue weighted by atomic mass is 19.3. The molecule has 0 bridgehead atoms. The summed E-state index contributed by atoms with van der Waals surface area (Å²) in [6.07, 6.45) is -0.651. The number of benzene rings is 2. The Hall–Kier alpha value is -4.02. The van der Waals surface area contributed by atoms with Crippen molar-refractivity contribution in [1.82, 2.24) is 4.90 Å². The molecule has 0 saturated carbocycles. The summed E-state index contributed by atoms with van der Waals surface area (Å²) in [5.74, 6) is -3.68. The fourth-order valence-corrected chi connectivity index (χ4v) is 3.60. The Bertz CT molecular complexity index is 1120. The Balaban J connectivity index is 2.08. The Morgan fingerprint density at radius 3 is 2.45 bits per heavy atom. The van der Waals surface area contributed by atoms with E-state index in [-0.39, 0.29) is 40.5 Å². The van der Waals surface area contributed by atoms with Crippen LogP contribution in [0.25, 0.3) is 0 Å². The molecule has 174 valence electrons. The predicted octanol–water partition coefficient (Wildman–Crippen LogP) is 3.46. The van der Waals surface area contributed by atoms with Crippen LogP contribution in [0.2, 0.25) is 0 Å². The summed E-state index contributed by atoms with van der Waals surface area (Å²) in [5, 5.41) is 11.9. The van der Waals surface area contributed by atoms with Gasteiger partial charge in [-0.3, -0.25) is 24.1 Å². The van der Waals surface area contributed by atoms with Gasteiger partial charge >= 0.3 is 12.6 Å². The molecule has 11 heteroatoms. The summed E-state index contributed by atoms with van der Waals surface area (Å²) >= 11 is 0. The van der Waals surface area contributed by atoms with E-state index >= 15 is 0 Å². The number of imide groups is 1. The van der Waals surface area contributed by atoms with Crippen LogP contribution in [-0.2, 0) is 9.59 Å². The average Bonchev–Trinajstić information content (AvgIpc) is 2.98. The van der Waals surface area contributed by atoms with Gasteiger partial charge in [0, 0.05) is 6.92 Å². The Kier molecular flexibility index (Phi) is 6.90. The van der Waals surface area contributed by atoms with Crippen LogP contribution in [0, 0.1) is 0 Å². The lowest BCUT2D eigenvalue weighted by atomic mass is 10.0. The minimum atomic E-state index is -3.12. The second kappa shape index (κ2) is 9.63. The van der Waals surface area contributed by atoms with Crippen molar-refractivity contribution in [3.05, 3.63) is 53.1 Å². The zero-order chi connectivity index (χ0) is 24.3. The number of aliphatic carboxylic acids is 1. The molecule has 0 aromatic heterocycles. The second-order valence-electron chi connectivity index (χ2n) is 7.02. The van der Waals surface area contributed by atoms with Gasteiger partial charge < -0.3 is 19.9 Å². The molecule has 0 spiro atoms. The van der Waals surface area contributed by atoms with E-state index in [4.69, 9.17) is 4.74 Å². The Morgan fingerprint density at radius 2 is 1.85 bits per heavy atom. The van der Waals surface area contributed by atoms with Gasteiger partial charge in [0.05, 0.1) is 35.9 Å². The summed E-state index contributed by atoms with van der Waals surface area (Å²) in [6.45, 7) is -0.168. The number of amides is 3. The number of nitrogens with one attached hydrogen (secondary N) is 1. The number of carboxylic acids is 1. The summed E-state index contributed by atoms with van der Waals surface area (Å²) < 4.78 is 35.2. The van der Waals surface area contributed by atoms with Crippen LogP contribution in [0.4, 0.5) is 14.5 Å². The third-order valence-electron chi connectivity index (χ3n) is 4.81. The van der Waals surface area contributed by atoms with Crippen molar-refractivity contribution in [3.63, 3.8) is 0 Å². The van der Waals surface area contributed by atoms with Crippen molar-refractivity contribution in [2.45, 2.75) is 32.9 Å². The highest BCUT2D eigenvalue weighted by molar-refractivity contribution is 6.24. The van der Waals surface area contributed by atoms with Gasteiger partial charge in [-0.25, -0.2) is 0 Å². The fraction of sp³-hybridized carbons (Fsp3) is 0.273. The van der Waals surface area contributed by atoms with Crippen LogP contribution in [0.3, 0.4) is 0 Å². The van der Waals surface area contributed by atoms with Gasteiger partial charge in [-0.1, -0.05) is 12.1 Å². The van der Waals surface area contributed by atoms with Crippen LogP contribution in [-0.4, -0.2) is 46.9 Å². The predicted molar refractivity (Wildman–Crippen MR) is 110 cm³/mol. The van der Waals surface area contributed by atoms with E-state index < -0.39 is 42.8 Å². The molecule has 1 atom stereocenters. The first-order valence-electron chi connectivity index (χ1n) is 9.85. The number of rotatable bonds is 9. The van der Waals surface area contributed by atoms with E-state index in [2.05, 4.69) is 10.1 Å². The third-order valence-corrected chi connectivity index (χ3v) is 4.81. The van der Waals surface area contributed by atoms with Crippen molar-refractivity contribution in [1.29, 1.82) is 0 Å². The van der Waals surface area contributed by atoms with Crippen LogP contribution in [0.1, 0.15) is 52.6 Å². The van der Waals surface area contributed by atoms with Gasteiger partial charge in [0.15, 0.2) is 11.5 Å². The van der Waals surface area contributed by atoms with Gasteiger partial charge in [0.2, 0.25) is 5.91 Å². The van der Waals surface area contributed by atoms with E-state index in [1.165, 1.54) is 37.3 Å². The van der Waals surface area contributed by atoms with Crippen molar-refractivity contribution < 1.29 is 42.5 Å². The maximum atomic E-state index is 13.2. The molecule has 0 aliphatic carbocycles. The van der Waals surface area contributed by atoms with E-state index in [9.17, 15) is 33.1 Å². The van der Waals surface area contributed by atoms with E-state index in [1.54, 1.807) is 6.92 Å². The van der Waals surface area contributed by atoms with Crippen molar-refractivity contribution in [2.24, 2.45) is 0 Å². The molecule has 2 N–H and O–H groups in total. The van der Waals surface area contributed by atoms with E-state index in [0.717, 1.165) is 11.0 Å². The lowest BCUT2D eigenvalue weighted by Gasteiger charge is -2.26. The number of hydrogen-bond donors (Lipinski definition) is 2. The highest BCUT2D eigenvalue weighted by Gasteiger charge is 2.43. The van der Waals surface area contributed by atoms with Crippen molar-refractivity contribution in [2.75, 3.05) is 11.9 Å². The van der Waals surface area contributed by atoms with Crippen LogP contribution in [0.5, 0.6) is 11.5 Å². The maximum absolute atomic E-state index is 13.2. The molecule has 0 saturated heterocycles. The Morgan fingerprint density at radius 1 is 1.12 bits per heavy atom. The molecule has 1 aliphatic rings. The highest BCUT2D eigenvalue weighted by Crippen LogP contribution is 2.39. The zero-order valence-electron chi connectivity index (χ0n) is 17.6. The number of nitrogens with zero attached hydrogens (tertiary/aromatic N) is 1. The molecule has 2 aromatic rings. The number of halogens is 2. The number of alkyl halides is 2. The number of carboxylic acid groups (broad SMARTS) is 1. The van der Waals surface area contributed by atoms with Gasteiger partial charge in [0.25, 0.3) is 11.8 Å². The van der Waals surface area contributed by atoms with Crippen LogP contribution < -0.4 is 14.8 Å². The second-order valence-corrected chi connectivity index (χ2v) is 7.02. The number of fused-ring (bicyclic) bond motifs is 1. The van der Waals surface area contributed by atoms with Gasteiger partial charge in [0.1, 0.15) is 0 Å². The van der Waals surface area contributed by atoms with Crippen molar-refractivity contribution >= 4 is 29.4 Å². The van der Waals surface area contributed by atoms with Crippen LogP contribution in [0.15, 0.2) is 36.4 Å². The van der Waals surface area contributed by atoms with Crippen molar-refractivity contribution in [3.8, 4) is 11.5 Å². The molecule has 9 nitrogen and oxygen atoms in total. The van der Waals surface area contributed by atoms with E-state index in [1.807, 2.05) is 0 Å². The third kappa shape index (κ3) is 4.92. The fourth-order valence-electron chi connectivity index (χ4n) is 3.60.